The van der Waals surface area contributed by atoms with Crippen molar-refractivity contribution < 1.29 is 4.39 Å². The van der Waals surface area contributed by atoms with Gasteiger partial charge in [-0.25, -0.2) is 14.4 Å². The highest BCUT2D eigenvalue weighted by Crippen LogP contribution is 2.22. The van der Waals surface area contributed by atoms with Gasteiger partial charge in [0.15, 0.2) is 5.82 Å². The maximum atomic E-state index is 13.7. The van der Waals surface area contributed by atoms with Crippen molar-refractivity contribution in [1.29, 1.82) is 0 Å². The molecule has 0 fully saturated rings. The molecule has 0 aliphatic heterocycles. The maximum absolute atomic E-state index is 13.7. The molecule has 0 saturated heterocycles. The van der Waals surface area contributed by atoms with Crippen LogP contribution >= 0.6 is 0 Å². The lowest BCUT2D eigenvalue weighted by Gasteiger charge is -2.11. The molecule has 1 aromatic carbocycles. The summed E-state index contributed by atoms with van der Waals surface area (Å²) in [5, 5.41) is 0. The third-order valence-corrected chi connectivity index (χ3v) is 3.17. The average Bonchev–Trinajstić information content (AvgIpc) is 2.38. The molecule has 0 radical (unpaired) electrons. The fourth-order valence-electron chi connectivity index (χ4n) is 2.14. The third kappa shape index (κ3) is 2.96. The molecule has 0 unspecified atom stereocenters. The van der Waals surface area contributed by atoms with Gasteiger partial charge in [0.05, 0.1) is 5.56 Å². The SMILES string of the molecule is Cc1nc(-c2ccccc2F)nc(C)c1CCCN. The number of benzene rings is 1. The highest BCUT2D eigenvalue weighted by Gasteiger charge is 2.12. The van der Waals surface area contributed by atoms with Crippen molar-refractivity contribution in [3.05, 3.63) is 47.0 Å². The lowest BCUT2D eigenvalue weighted by Crippen LogP contribution is -2.07. The van der Waals surface area contributed by atoms with Crippen LogP contribution in [0.3, 0.4) is 0 Å². The van der Waals surface area contributed by atoms with E-state index in [0.717, 1.165) is 29.8 Å². The van der Waals surface area contributed by atoms with Crippen LogP contribution in [0.25, 0.3) is 11.4 Å². The number of rotatable bonds is 4. The van der Waals surface area contributed by atoms with Crippen molar-refractivity contribution in [1.82, 2.24) is 9.97 Å². The Balaban J connectivity index is 2.43. The zero-order valence-corrected chi connectivity index (χ0v) is 11.3. The molecule has 4 heteroatoms. The summed E-state index contributed by atoms with van der Waals surface area (Å²) < 4.78 is 13.7. The topological polar surface area (TPSA) is 51.8 Å². The van der Waals surface area contributed by atoms with Crippen molar-refractivity contribution in [2.24, 2.45) is 5.73 Å². The molecule has 1 aromatic heterocycles. The summed E-state index contributed by atoms with van der Waals surface area (Å²) in [7, 11) is 0. The van der Waals surface area contributed by atoms with Crippen LogP contribution in [0.4, 0.5) is 4.39 Å². The summed E-state index contributed by atoms with van der Waals surface area (Å²) in [5.41, 5.74) is 8.89. The van der Waals surface area contributed by atoms with E-state index < -0.39 is 0 Å². The first-order valence-electron chi connectivity index (χ1n) is 6.42. The van der Waals surface area contributed by atoms with Gasteiger partial charge < -0.3 is 5.73 Å². The summed E-state index contributed by atoms with van der Waals surface area (Å²) in [5.74, 6) is 0.153. The van der Waals surface area contributed by atoms with Gasteiger partial charge >= 0.3 is 0 Å². The Morgan fingerprint density at radius 1 is 1.11 bits per heavy atom. The number of halogens is 1. The minimum absolute atomic E-state index is 0.295. The Kier molecular flexibility index (Phi) is 4.22. The first-order valence-corrected chi connectivity index (χ1v) is 6.42. The van der Waals surface area contributed by atoms with E-state index in [9.17, 15) is 4.39 Å². The quantitative estimate of drug-likeness (QED) is 0.918. The second-order valence-electron chi connectivity index (χ2n) is 4.57. The fraction of sp³-hybridized carbons (Fsp3) is 0.333. The molecule has 2 rings (SSSR count). The van der Waals surface area contributed by atoms with E-state index in [1.165, 1.54) is 6.07 Å². The fourth-order valence-corrected chi connectivity index (χ4v) is 2.14. The van der Waals surface area contributed by atoms with Crippen LogP contribution in [-0.2, 0) is 6.42 Å². The zero-order chi connectivity index (χ0) is 13.8. The Morgan fingerprint density at radius 2 is 1.74 bits per heavy atom. The van der Waals surface area contributed by atoms with Gasteiger partial charge in [0.2, 0.25) is 0 Å². The highest BCUT2D eigenvalue weighted by molar-refractivity contribution is 5.56. The van der Waals surface area contributed by atoms with Crippen molar-refractivity contribution in [3.8, 4) is 11.4 Å². The number of aryl methyl sites for hydroxylation is 2. The van der Waals surface area contributed by atoms with E-state index in [4.69, 9.17) is 5.73 Å². The van der Waals surface area contributed by atoms with Crippen molar-refractivity contribution >= 4 is 0 Å². The van der Waals surface area contributed by atoms with Crippen LogP contribution in [0.1, 0.15) is 23.4 Å². The summed E-state index contributed by atoms with van der Waals surface area (Å²) in [6, 6.07) is 6.57. The van der Waals surface area contributed by atoms with Gasteiger partial charge in [-0.15, -0.1) is 0 Å². The van der Waals surface area contributed by atoms with E-state index in [0.29, 0.717) is 17.9 Å². The molecular weight excluding hydrogens is 241 g/mol. The number of nitrogens with zero attached hydrogens (tertiary/aromatic N) is 2. The predicted octanol–water partition coefficient (Wildman–Crippen LogP) is 2.79. The first-order chi connectivity index (χ1) is 9.13. The van der Waals surface area contributed by atoms with Gasteiger partial charge in [-0.3, -0.25) is 0 Å². The minimum atomic E-state index is -0.295. The molecule has 3 nitrogen and oxygen atoms in total. The molecule has 0 saturated carbocycles. The molecule has 2 N–H and O–H groups in total. The van der Waals surface area contributed by atoms with Crippen molar-refractivity contribution in [2.75, 3.05) is 6.54 Å². The van der Waals surface area contributed by atoms with Crippen molar-refractivity contribution in [3.63, 3.8) is 0 Å². The number of hydrogen-bond acceptors (Lipinski definition) is 3. The second kappa shape index (κ2) is 5.89. The molecule has 0 bridgehead atoms. The third-order valence-electron chi connectivity index (χ3n) is 3.17. The molecule has 100 valence electrons. The lowest BCUT2D eigenvalue weighted by atomic mass is 10.1. The van der Waals surface area contributed by atoms with Gasteiger partial charge in [-0.2, -0.15) is 0 Å². The average molecular weight is 259 g/mol. The second-order valence-corrected chi connectivity index (χ2v) is 4.57. The summed E-state index contributed by atoms with van der Waals surface area (Å²) in [6.45, 7) is 4.52. The molecule has 0 aliphatic carbocycles. The van der Waals surface area contributed by atoms with Crippen molar-refractivity contribution in [2.45, 2.75) is 26.7 Å². The summed E-state index contributed by atoms with van der Waals surface area (Å²) >= 11 is 0. The molecule has 0 atom stereocenters. The molecule has 19 heavy (non-hydrogen) atoms. The number of hydrogen-bond donors (Lipinski definition) is 1. The van der Waals surface area contributed by atoms with Crippen LogP contribution in [0.15, 0.2) is 24.3 Å². The van der Waals surface area contributed by atoms with E-state index in [-0.39, 0.29) is 5.82 Å². The summed E-state index contributed by atoms with van der Waals surface area (Å²) in [4.78, 5) is 8.85. The molecule has 0 aliphatic rings. The standard InChI is InChI=1S/C15H18FN3/c1-10-12(7-5-9-17)11(2)19-15(18-10)13-6-3-4-8-14(13)16/h3-4,6,8H,5,7,9,17H2,1-2H3. The molecule has 2 aromatic rings. The smallest absolute Gasteiger partial charge is 0.162 e. The van der Waals surface area contributed by atoms with Crippen LogP contribution in [0.5, 0.6) is 0 Å². The van der Waals surface area contributed by atoms with Crippen LogP contribution in [0.2, 0.25) is 0 Å². The van der Waals surface area contributed by atoms with Gasteiger partial charge in [0.25, 0.3) is 0 Å². The normalized spacial score (nSPS) is 10.7. The molecule has 0 spiro atoms. The van der Waals surface area contributed by atoms with Gasteiger partial charge in [-0.05, 0) is 50.9 Å². The number of aromatic nitrogens is 2. The van der Waals surface area contributed by atoms with E-state index >= 15 is 0 Å². The molecular formula is C15H18FN3. The molecule has 1 heterocycles. The number of nitrogens with two attached hydrogens (primary N) is 1. The van der Waals surface area contributed by atoms with Crippen LogP contribution < -0.4 is 5.73 Å². The largest absolute Gasteiger partial charge is 0.330 e. The molecule has 0 amide bonds. The Hall–Kier alpha value is -1.81. The zero-order valence-electron chi connectivity index (χ0n) is 11.3. The first kappa shape index (κ1) is 13.6. The van der Waals surface area contributed by atoms with E-state index in [2.05, 4.69) is 9.97 Å². The predicted molar refractivity (Wildman–Crippen MR) is 74.3 cm³/mol. The maximum Gasteiger partial charge on any atom is 0.162 e. The van der Waals surface area contributed by atoms with Crippen LogP contribution in [-0.4, -0.2) is 16.5 Å². The summed E-state index contributed by atoms with van der Waals surface area (Å²) in [6.07, 6.45) is 1.77. The van der Waals surface area contributed by atoms with Gasteiger partial charge in [-0.1, -0.05) is 12.1 Å². The lowest BCUT2D eigenvalue weighted by molar-refractivity contribution is 0.629. The van der Waals surface area contributed by atoms with Gasteiger partial charge in [0.1, 0.15) is 5.82 Å². The Bertz CT molecular complexity index is 558. The Labute approximate surface area is 112 Å². The van der Waals surface area contributed by atoms with E-state index in [1.54, 1.807) is 18.2 Å². The van der Waals surface area contributed by atoms with Crippen LogP contribution in [0, 0.1) is 19.7 Å². The van der Waals surface area contributed by atoms with Gasteiger partial charge in [0, 0.05) is 11.4 Å². The highest BCUT2D eigenvalue weighted by atomic mass is 19.1. The Morgan fingerprint density at radius 3 is 2.32 bits per heavy atom. The minimum Gasteiger partial charge on any atom is -0.330 e. The van der Waals surface area contributed by atoms with E-state index in [1.807, 2.05) is 13.8 Å². The monoisotopic (exact) mass is 259 g/mol.